The van der Waals surface area contributed by atoms with Crippen molar-refractivity contribution in [2.24, 2.45) is 0 Å². The number of aryl methyl sites for hydroxylation is 1. The highest BCUT2D eigenvalue weighted by atomic mass is 16.5. The van der Waals surface area contributed by atoms with Crippen LogP contribution in [0.25, 0.3) is 0 Å². The average molecular weight is 375 g/mol. The van der Waals surface area contributed by atoms with E-state index in [9.17, 15) is 4.79 Å². The summed E-state index contributed by atoms with van der Waals surface area (Å²) in [6.45, 7) is 5.96. The lowest BCUT2D eigenvalue weighted by atomic mass is 10.1. The zero-order valence-corrected chi connectivity index (χ0v) is 16.4. The van der Waals surface area contributed by atoms with Gasteiger partial charge in [-0.2, -0.15) is 0 Å². The van der Waals surface area contributed by atoms with E-state index in [1.807, 2.05) is 93.6 Å². The largest absolute Gasteiger partial charge is 0.480 e. The van der Waals surface area contributed by atoms with E-state index in [1.165, 1.54) is 0 Å². The van der Waals surface area contributed by atoms with E-state index in [4.69, 9.17) is 9.47 Å². The van der Waals surface area contributed by atoms with Gasteiger partial charge < -0.3 is 14.8 Å². The maximum absolute atomic E-state index is 12.9. The fourth-order valence-electron chi connectivity index (χ4n) is 2.81. The predicted octanol–water partition coefficient (Wildman–Crippen LogP) is 5.89. The fourth-order valence-corrected chi connectivity index (χ4v) is 2.81. The maximum atomic E-state index is 12.9. The maximum Gasteiger partial charge on any atom is 0.265 e. The molecule has 0 saturated heterocycles. The van der Waals surface area contributed by atoms with Crippen LogP contribution >= 0.6 is 0 Å². The Hall–Kier alpha value is -3.27. The summed E-state index contributed by atoms with van der Waals surface area (Å²) in [5.74, 6) is 1.83. The number of anilines is 1. The number of rotatable bonds is 7. The zero-order chi connectivity index (χ0) is 19.9. The van der Waals surface area contributed by atoms with Gasteiger partial charge in [-0.3, -0.25) is 4.79 Å². The summed E-state index contributed by atoms with van der Waals surface area (Å²) in [7, 11) is 0. The van der Waals surface area contributed by atoms with Crippen LogP contribution in [0.15, 0.2) is 72.8 Å². The Balaban J connectivity index is 1.75. The molecular weight excluding hydrogens is 350 g/mol. The number of hydrogen-bond donors (Lipinski definition) is 1. The molecule has 0 radical (unpaired) electrons. The number of benzene rings is 3. The Labute approximate surface area is 166 Å². The minimum Gasteiger partial charge on any atom is -0.480 e. The summed E-state index contributed by atoms with van der Waals surface area (Å²) in [4.78, 5) is 12.9. The number of carbonyl (C=O) groups excluding carboxylic acids is 1. The van der Waals surface area contributed by atoms with Gasteiger partial charge in [-0.1, -0.05) is 49.4 Å². The van der Waals surface area contributed by atoms with E-state index >= 15 is 0 Å². The van der Waals surface area contributed by atoms with E-state index in [2.05, 4.69) is 5.32 Å². The van der Waals surface area contributed by atoms with E-state index in [-0.39, 0.29) is 5.91 Å². The van der Waals surface area contributed by atoms with Crippen LogP contribution < -0.4 is 14.8 Å². The molecule has 3 aromatic rings. The van der Waals surface area contributed by atoms with Crippen LogP contribution in [0.4, 0.5) is 5.69 Å². The molecule has 3 aromatic carbocycles. The third-order valence-electron chi connectivity index (χ3n) is 4.60. The van der Waals surface area contributed by atoms with Gasteiger partial charge in [0.15, 0.2) is 11.9 Å². The molecule has 3 rings (SSSR count). The third kappa shape index (κ3) is 4.71. The Morgan fingerprint density at radius 1 is 0.893 bits per heavy atom. The van der Waals surface area contributed by atoms with Crippen molar-refractivity contribution in [3.8, 4) is 17.2 Å². The molecule has 0 saturated carbocycles. The van der Waals surface area contributed by atoms with Crippen molar-refractivity contribution in [1.82, 2.24) is 0 Å². The normalized spacial score (nSPS) is 11.5. The van der Waals surface area contributed by atoms with Crippen molar-refractivity contribution in [3.63, 3.8) is 0 Å². The second-order valence-corrected chi connectivity index (χ2v) is 6.61. The molecule has 1 atom stereocenters. The van der Waals surface area contributed by atoms with E-state index < -0.39 is 6.10 Å². The van der Waals surface area contributed by atoms with Crippen molar-refractivity contribution in [3.05, 3.63) is 83.9 Å². The second-order valence-electron chi connectivity index (χ2n) is 6.61. The number of ether oxygens (including phenoxy) is 2. The highest BCUT2D eigenvalue weighted by Crippen LogP contribution is 2.30. The molecule has 0 aliphatic heterocycles. The van der Waals surface area contributed by atoms with Crippen molar-refractivity contribution in [1.29, 1.82) is 0 Å². The van der Waals surface area contributed by atoms with Gasteiger partial charge in [0, 0.05) is 0 Å². The smallest absolute Gasteiger partial charge is 0.265 e. The Kier molecular flexibility index (Phi) is 6.33. The van der Waals surface area contributed by atoms with Crippen molar-refractivity contribution in [2.75, 3.05) is 5.32 Å². The van der Waals surface area contributed by atoms with Crippen molar-refractivity contribution in [2.45, 2.75) is 33.3 Å². The highest BCUT2D eigenvalue weighted by molar-refractivity contribution is 5.95. The first-order valence-corrected chi connectivity index (χ1v) is 9.44. The molecule has 0 bridgehead atoms. The summed E-state index contributed by atoms with van der Waals surface area (Å²) in [6, 6.07) is 22.7. The molecule has 144 valence electrons. The monoisotopic (exact) mass is 375 g/mol. The number of hydrogen-bond acceptors (Lipinski definition) is 3. The number of nitrogens with one attached hydrogen (secondary N) is 1. The highest BCUT2D eigenvalue weighted by Gasteiger charge is 2.21. The minimum atomic E-state index is -0.592. The van der Waals surface area contributed by atoms with Crippen molar-refractivity contribution < 1.29 is 14.3 Å². The summed E-state index contributed by atoms with van der Waals surface area (Å²) in [5.41, 5.74) is 2.79. The number of amides is 1. The molecular formula is C24H25NO3. The summed E-state index contributed by atoms with van der Waals surface area (Å²) >= 11 is 0. The van der Waals surface area contributed by atoms with Gasteiger partial charge in [-0.25, -0.2) is 0 Å². The molecule has 1 N–H and O–H groups in total. The number of carbonyl (C=O) groups is 1. The standard InChI is InChI=1S/C24H25NO3/c1-4-21(28-22-16-10-11-17(2)18(22)3)24(26)25-20-14-8-9-15-23(20)27-19-12-6-5-7-13-19/h5-16,21H,4H2,1-3H3,(H,25,26). The summed E-state index contributed by atoms with van der Waals surface area (Å²) < 4.78 is 11.9. The first-order chi connectivity index (χ1) is 13.6. The van der Waals surface area contributed by atoms with E-state index in [1.54, 1.807) is 0 Å². The molecule has 1 unspecified atom stereocenters. The molecule has 0 aliphatic rings. The zero-order valence-electron chi connectivity index (χ0n) is 16.4. The van der Waals surface area contributed by atoms with Gasteiger partial charge in [0.25, 0.3) is 5.91 Å². The Morgan fingerprint density at radius 2 is 1.57 bits per heavy atom. The SMILES string of the molecule is CCC(Oc1cccc(C)c1C)C(=O)Nc1ccccc1Oc1ccccc1. The summed E-state index contributed by atoms with van der Waals surface area (Å²) in [5, 5.41) is 2.95. The third-order valence-corrected chi connectivity index (χ3v) is 4.60. The lowest BCUT2D eigenvalue weighted by Gasteiger charge is -2.20. The van der Waals surface area contributed by atoms with Crippen LogP contribution in [0.3, 0.4) is 0 Å². The fraction of sp³-hybridized carbons (Fsp3) is 0.208. The van der Waals surface area contributed by atoms with Gasteiger partial charge in [0.2, 0.25) is 0 Å². The molecule has 28 heavy (non-hydrogen) atoms. The minimum absolute atomic E-state index is 0.201. The first-order valence-electron chi connectivity index (χ1n) is 9.44. The quantitative estimate of drug-likeness (QED) is 0.560. The summed E-state index contributed by atoms with van der Waals surface area (Å²) in [6.07, 6.45) is -0.0359. The van der Waals surface area contributed by atoms with Crippen molar-refractivity contribution >= 4 is 11.6 Å². The van der Waals surface area contributed by atoms with E-state index in [0.29, 0.717) is 23.6 Å². The lowest BCUT2D eigenvalue weighted by molar-refractivity contribution is -0.122. The topological polar surface area (TPSA) is 47.6 Å². The van der Waals surface area contributed by atoms with E-state index in [0.717, 1.165) is 16.9 Å². The van der Waals surface area contributed by atoms with Crippen LogP contribution in [-0.2, 0) is 4.79 Å². The van der Waals surface area contributed by atoms with Crippen LogP contribution in [-0.4, -0.2) is 12.0 Å². The molecule has 4 heteroatoms. The number of para-hydroxylation sites is 3. The van der Waals surface area contributed by atoms with Gasteiger partial charge >= 0.3 is 0 Å². The van der Waals surface area contributed by atoms with Gasteiger partial charge in [0.05, 0.1) is 5.69 Å². The molecule has 0 spiro atoms. The van der Waals surface area contributed by atoms with Crippen LogP contribution in [0, 0.1) is 13.8 Å². The second kappa shape index (κ2) is 9.09. The van der Waals surface area contributed by atoms with Gasteiger partial charge in [-0.05, 0) is 61.7 Å². The Bertz CT molecular complexity index is 938. The first kappa shape index (κ1) is 19.5. The van der Waals surface area contributed by atoms with Crippen LogP contribution in [0.1, 0.15) is 24.5 Å². The molecule has 0 aromatic heterocycles. The molecule has 4 nitrogen and oxygen atoms in total. The van der Waals surface area contributed by atoms with Crippen LogP contribution in [0.5, 0.6) is 17.2 Å². The Morgan fingerprint density at radius 3 is 2.32 bits per heavy atom. The molecule has 0 aliphatic carbocycles. The van der Waals surface area contributed by atoms with Crippen LogP contribution in [0.2, 0.25) is 0 Å². The molecule has 1 amide bonds. The van der Waals surface area contributed by atoms with Gasteiger partial charge in [-0.15, -0.1) is 0 Å². The average Bonchev–Trinajstić information content (AvgIpc) is 2.71. The lowest BCUT2D eigenvalue weighted by Crippen LogP contribution is -2.32. The predicted molar refractivity (Wildman–Crippen MR) is 112 cm³/mol. The van der Waals surface area contributed by atoms with Gasteiger partial charge in [0.1, 0.15) is 11.5 Å². The molecule has 0 fully saturated rings. The molecule has 0 heterocycles.